The van der Waals surface area contributed by atoms with Gasteiger partial charge >= 0.3 is 6.09 Å². The molecule has 0 aromatic rings. The van der Waals surface area contributed by atoms with Crippen molar-refractivity contribution in [1.29, 1.82) is 0 Å². The number of hydrogen-bond donors (Lipinski definition) is 0. The molecule has 1 aliphatic rings. The van der Waals surface area contributed by atoms with Crippen LogP contribution in [0, 0.1) is 0 Å². The molecule has 98 valence electrons. The van der Waals surface area contributed by atoms with E-state index < -0.39 is 6.09 Å². The zero-order chi connectivity index (χ0) is 13.4. The molecule has 0 spiro atoms. The third-order valence-corrected chi connectivity index (χ3v) is 2.82. The summed E-state index contributed by atoms with van der Waals surface area (Å²) in [7, 11) is 0. The molecular weight excluding hydrogens is 230 g/mol. The fraction of sp³-hybridized carbons (Fsp3) is 0.429. The van der Waals surface area contributed by atoms with E-state index in [9.17, 15) is 9.59 Å². The molecule has 1 unspecified atom stereocenters. The molecule has 1 heterocycles. The minimum absolute atomic E-state index is 0.175. The van der Waals surface area contributed by atoms with Gasteiger partial charge in [-0.2, -0.15) is 0 Å². The summed E-state index contributed by atoms with van der Waals surface area (Å²) in [6, 6.07) is -0.329. The monoisotopic (exact) mass is 249 g/mol. The first-order chi connectivity index (χ1) is 8.72. The third-order valence-electron chi connectivity index (χ3n) is 2.82. The first kappa shape index (κ1) is 14.2. The minimum Gasteiger partial charge on any atom is -0.445 e. The van der Waals surface area contributed by atoms with Crippen molar-refractivity contribution in [1.82, 2.24) is 4.90 Å². The first-order valence-corrected chi connectivity index (χ1v) is 6.06. The van der Waals surface area contributed by atoms with Crippen LogP contribution in [0.5, 0.6) is 0 Å². The number of nitrogens with zero attached hydrogens (tertiary/aromatic N) is 1. The molecule has 4 nitrogen and oxygen atoms in total. The Kier molecular flexibility index (Phi) is 5.91. The van der Waals surface area contributed by atoms with Gasteiger partial charge in [-0.3, -0.25) is 4.90 Å². The van der Waals surface area contributed by atoms with Gasteiger partial charge < -0.3 is 9.53 Å². The number of ether oxygens (including phenoxy) is 1. The van der Waals surface area contributed by atoms with Crippen molar-refractivity contribution in [3.8, 4) is 0 Å². The van der Waals surface area contributed by atoms with Crippen molar-refractivity contribution >= 4 is 12.4 Å². The van der Waals surface area contributed by atoms with Crippen molar-refractivity contribution in [2.45, 2.75) is 25.8 Å². The highest BCUT2D eigenvalue weighted by atomic mass is 16.6. The highest BCUT2D eigenvalue weighted by Crippen LogP contribution is 2.16. The van der Waals surface area contributed by atoms with Crippen LogP contribution >= 0.6 is 0 Å². The molecule has 1 amide bonds. The summed E-state index contributed by atoms with van der Waals surface area (Å²) in [4.78, 5) is 24.0. The van der Waals surface area contributed by atoms with Gasteiger partial charge in [0, 0.05) is 6.54 Å². The highest BCUT2D eigenvalue weighted by Gasteiger charge is 2.29. The Hall–Kier alpha value is -1.84. The normalized spacial score (nSPS) is 20.2. The smallest absolute Gasteiger partial charge is 0.410 e. The molecule has 18 heavy (non-hydrogen) atoms. The molecule has 1 aliphatic heterocycles. The summed E-state index contributed by atoms with van der Waals surface area (Å²) in [5, 5.41) is 0. The van der Waals surface area contributed by atoms with Gasteiger partial charge in [0.25, 0.3) is 0 Å². The minimum atomic E-state index is -0.433. The topological polar surface area (TPSA) is 46.6 Å². The van der Waals surface area contributed by atoms with E-state index in [1.54, 1.807) is 6.08 Å². The molecule has 0 N–H and O–H groups in total. The second-order valence-electron chi connectivity index (χ2n) is 4.07. The lowest BCUT2D eigenvalue weighted by Gasteiger charge is -2.19. The number of likely N-dealkylation sites (tertiary alicyclic amines) is 1. The molecule has 0 aromatic heterocycles. The highest BCUT2D eigenvalue weighted by molar-refractivity contribution is 5.74. The number of carbonyl (C=O) groups excluding carboxylic acids is 2. The Labute approximate surface area is 108 Å². The lowest BCUT2D eigenvalue weighted by Crippen LogP contribution is -2.37. The van der Waals surface area contributed by atoms with Crippen LogP contribution in [0.2, 0.25) is 0 Å². The Morgan fingerprint density at radius 1 is 1.56 bits per heavy atom. The van der Waals surface area contributed by atoms with E-state index in [1.807, 2.05) is 25.2 Å². The van der Waals surface area contributed by atoms with Crippen LogP contribution in [0.3, 0.4) is 0 Å². The molecule has 0 aromatic carbocycles. The Balaban J connectivity index is 2.49. The van der Waals surface area contributed by atoms with Gasteiger partial charge in [-0.05, 0) is 25.3 Å². The van der Waals surface area contributed by atoms with Gasteiger partial charge in [-0.25, -0.2) is 4.79 Å². The number of carbonyl (C=O) groups is 2. The van der Waals surface area contributed by atoms with Crippen molar-refractivity contribution < 1.29 is 14.3 Å². The van der Waals surface area contributed by atoms with Gasteiger partial charge in [0.2, 0.25) is 0 Å². The molecule has 0 bridgehead atoms. The van der Waals surface area contributed by atoms with Crippen LogP contribution in [0.4, 0.5) is 4.79 Å². The van der Waals surface area contributed by atoms with Crippen LogP contribution in [-0.4, -0.2) is 36.5 Å². The van der Waals surface area contributed by atoms with Crippen LogP contribution in [-0.2, 0) is 9.53 Å². The number of allylic oxidation sites excluding steroid dienone is 3. The number of aldehydes is 1. The van der Waals surface area contributed by atoms with Crippen molar-refractivity contribution in [3.05, 3.63) is 36.5 Å². The van der Waals surface area contributed by atoms with Gasteiger partial charge in [-0.15, -0.1) is 0 Å². The first-order valence-electron chi connectivity index (χ1n) is 6.06. The quantitative estimate of drug-likeness (QED) is 0.555. The average Bonchev–Trinajstić information content (AvgIpc) is 2.87. The molecule has 0 aliphatic carbocycles. The largest absolute Gasteiger partial charge is 0.445 e. The summed E-state index contributed by atoms with van der Waals surface area (Å²) in [6.45, 7) is 6.33. The lowest BCUT2D eigenvalue weighted by atomic mass is 10.2. The predicted octanol–water partition coefficient (Wildman–Crippen LogP) is 2.47. The van der Waals surface area contributed by atoms with Crippen molar-refractivity contribution in [2.24, 2.45) is 0 Å². The summed E-state index contributed by atoms with van der Waals surface area (Å²) in [5.41, 5.74) is 0.823. The average molecular weight is 249 g/mol. The lowest BCUT2D eigenvalue weighted by molar-refractivity contribution is -0.111. The van der Waals surface area contributed by atoms with Crippen molar-refractivity contribution in [2.75, 3.05) is 13.2 Å². The Bertz CT molecular complexity index is 371. The fourth-order valence-corrected chi connectivity index (χ4v) is 1.78. The Morgan fingerprint density at radius 2 is 2.33 bits per heavy atom. The van der Waals surface area contributed by atoms with E-state index in [0.29, 0.717) is 6.54 Å². The van der Waals surface area contributed by atoms with Gasteiger partial charge in [0.1, 0.15) is 12.9 Å². The molecule has 1 rings (SSSR count). The molecule has 1 fully saturated rings. The maximum absolute atomic E-state index is 11.8. The SMILES string of the molecule is C=C/C(=C\C=C/C)COC(=O)N1CCCC1C=O. The molecular formula is C14H19NO3. The molecule has 1 saturated heterocycles. The standard InChI is InChI=1S/C14H19NO3/c1-3-5-7-12(4-2)11-18-14(17)15-9-6-8-13(15)10-16/h3-5,7,10,13H,2,6,8-9,11H2,1H3/b5-3-,12-7+. The molecule has 4 heteroatoms. The van der Waals surface area contributed by atoms with E-state index in [0.717, 1.165) is 24.7 Å². The van der Waals surface area contributed by atoms with E-state index >= 15 is 0 Å². The summed E-state index contributed by atoms with van der Waals surface area (Å²) in [5.74, 6) is 0. The zero-order valence-electron chi connectivity index (χ0n) is 10.7. The molecule has 0 radical (unpaired) electrons. The fourth-order valence-electron chi connectivity index (χ4n) is 1.78. The van der Waals surface area contributed by atoms with E-state index in [4.69, 9.17) is 4.74 Å². The van der Waals surface area contributed by atoms with E-state index in [2.05, 4.69) is 6.58 Å². The van der Waals surface area contributed by atoms with Gasteiger partial charge in [-0.1, -0.05) is 30.9 Å². The van der Waals surface area contributed by atoms with Gasteiger partial charge in [0.05, 0.1) is 6.04 Å². The number of rotatable bonds is 5. The van der Waals surface area contributed by atoms with E-state index in [-0.39, 0.29) is 12.6 Å². The third kappa shape index (κ3) is 3.87. The number of amides is 1. The van der Waals surface area contributed by atoms with Crippen molar-refractivity contribution in [3.63, 3.8) is 0 Å². The second kappa shape index (κ2) is 7.48. The van der Waals surface area contributed by atoms with Crippen LogP contribution < -0.4 is 0 Å². The zero-order valence-corrected chi connectivity index (χ0v) is 10.7. The summed E-state index contributed by atoms with van der Waals surface area (Å²) < 4.78 is 5.16. The second-order valence-corrected chi connectivity index (χ2v) is 4.07. The predicted molar refractivity (Wildman–Crippen MR) is 70.2 cm³/mol. The van der Waals surface area contributed by atoms with Crippen LogP contribution in [0.1, 0.15) is 19.8 Å². The molecule has 0 saturated carbocycles. The van der Waals surface area contributed by atoms with Crippen LogP contribution in [0.15, 0.2) is 36.5 Å². The number of hydrogen-bond acceptors (Lipinski definition) is 3. The maximum Gasteiger partial charge on any atom is 0.410 e. The van der Waals surface area contributed by atoms with E-state index in [1.165, 1.54) is 4.90 Å². The molecule has 1 atom stereocenters. The Morgan fingerprint density at radius 3 is 2.94 bits per heavy atom. The summed E-state index contributed by atoms with van der Waals surface area (Å²) in [6.07, 6.45) is 9.16. The maximum atomic E-state index is 11.8. The van der Waals surface area contributed by atoms with Gasteiger partial charge in [0.15, 0.2) is 0 Å². The summed E-state index contributed by atoms with van der Waals surface area (Å²) >= 11 is 0. The van der Waals surface area contributed by atoms with Crippen LogP contribution in [0.25, 0.3) is 0 Å².